The molecule has 1 N–H and O–H groups in total. The number of halogens is 3. The molecule has 0 aromatic heterocycles. The van der Waals surface area contributed by atoms with Crippen LogP contribution < -0.4 is 5.32 Å². The maximum absolute atomic E-state index is 11.4. The van der Waals surface area contributed by atoms with Gasteiger partial charge in [0, 0.05) is 12.4 Å². The van der Waals surface area contributed by atoms with Crippen LogP contribution in [0.4, 0.5) is 13.2 Å². The number of nitrogens with one attached hydrogen (secondary N) is 1. The maximum Gasteiger partial charge on any atom is 0.523 e. The van der Waals surface area contributed by atoms with Crippen molar-refractivity contribution in [3.63, 3.8) is 0 Å². The predicted molar refractivity (Wildman–Crippen MR) is 31.4 cm³/mol. The van der Waals surface area contributed by atoms with Crippen molar-refractivity contribution in [1.82, 2.24) is 5.32 Å². The zero-order valence-electron chi connectivity index (χ0n) is 4.94. The number of hydrogen-bond acceptors (Lipinski definition) is 3. The summed E-state index contributed by atoms with van der Waals surface area (Å²) in [5.74, 6) is 0.529. The van der Waals surface area contributed by atoms with Crippen LogP contribution in [0.5, 0.6) is 0 Å². The molecule has 0 amide bonds. The van der Waals surface area contributed by atoms with E-state index in [4.69, 9.17) is 0 Å². The van der Waals surface area contributed by atoms with Gasteiger partial charge in [0.2, 0.25) is 0 Å². The van der Waals surface area contributed by atoms with Crippen LogP contribution >= 0.6 is 11.8 Å². The number of thioether (sulfide) groups is 1. The summed E-state index contributed by atoms with van der Waals surface area (Å²) >= 11 is 1.12. The molecule has 0 aliphatic carbocycles. The van der Waals surface area contributed by atoms with Gasteiger partial charge in [0.1, 0.15) is 5.44 Å². The van der Waals surface area contributed by atoms with E-state index in [1.54, 1.807) is 0 Å². The lowest BCUT2D eigenvalue weighted by Crippen LogP contribution is -2.24. The highest BCUT2D eigenvalue weighted by Gasteiger charge is 2.34. The zero-order valence-corrected chi connectivity index (χ0v) is 5.76. The first-order chi connectivity index (χ1) is 4.58. The van der Waals surface area contributed by atoms with Crippen molar-refractivity contribution in [1.29, 1.82) is 0 Å². The molecule has 0 saturated carbocycles. The van der Waals surface area contributed by atoms with Gasteiger partial charge in [-0.05, 0) is 0 Å². The molecule has 6 heteroatoms. The molecular formula is C4H6F3NOS. The Balaban J connectivity index is 2.24. The second-order valence-electron chi connectivity index (χ2n) is 1.76. The van der Waals surface area contributed by atoms with E-state index in [0.29, 0.717) is 5.88 Å². The third-order valence-electron chi connectivity index (χ3n) is 0.947. The fraction of sp³-hybridized carbons (Fsp3) is 1.00. The van der Waals surface area contributed by atoms with Gasteiger partial charge in [-0.1, -0.05) is 0 Å². The molecule has 1 unspecified atom stereocenters. The van der Waals surface area contributed by atoms with Gasteiger partial charge >= 0.3 is 6.36 Å². The highest BCUT2D eigenvalue weighted by atomic mass is 32.2. The molecule has 10 heavy (non-hydrogen) atoms. The van der Waals surface area contributed by atoms with Crippen molar-refractivity contribution in [2.75, 3.05) is 12.4 Å². The zero-order chi connectivity index (χ0) is 7.61. The van der Waals surface area contributed by atoms with Crippen LogP contribution in [-0.4, -0.2) is 24.2 Å². The van der Waals surface area contributed by atoms with E-state index in [0.717, 1.165) is 11.8 Å². The van der Waals surface area contributed by atoms with Gasteiger partial charge in [-0.15, -0.1) is 24.9 Å². The van der Waals surface area contributed by atoms with E-state index in [9.17, 15) is 13.2 Å². The minimum Gasteiger partial charge on any atom is -0.304 e. The van der Waals surface area contributed by atoms with Crippen molar-refractivity contribution in [3.8, 4) is 0 Å². The summed E-state index contributed by atoms with van der Waals surface area (Å²) < 4.78 is 38.0. The van der Waals surface area contributed by atoms with Gasteiger partial charge in [0.15, 0.2) is 0 Å². The van der Waals surface area contributed by atoms with Gasteiger partial charge < -0.3 is 5.32 Å². The molecule has 1 fully saturated rings. The van der Waals surface area contributed by atoms with Crippen LogP contribution in [0.25, 0.3) is 0 Å². The number of alkyl halides is 3. The fourth-order valence-corrected chi connectivity index (χ4v) is 1.45. The van der Waals surface area contributed by atoms with Gasteiger partial charge in [-0.25, -0.2) is 0 Å². The average molecular weight is 173 g/mol. The van der Waals surface area contributed by atoms with Crippen molar-refractivity contribution in [3.05, 3.63) is 0 Å². The minimum atomic E-state index is -4.50. The summed E-state index contributed by atoms with van der Waals surface area (Å²) in [6.07, 6.45) is -4.50. The Morgan fingerprint density at radius 3 is 2.60 bits per heavy atom. The Hall–Kier alpha value is 0.0600. The summed E-state index contributed by atoms with van der Waals surface area (Å²) in [7, 11) is 0. The first kappa shape index (κ1) is 8.16. The first-order valence-corrected chi connectivity index (χ1v) is 3.70. The molecule has 0 bridgehead atoms. The molecule has 1 saturated heterocycles. The first-order valence-electron chi connectivity index (χ1n) is 2.65. The highest BCUT2D eigenvalue weighted by Crippen LogP contribution is 2.25. The third kappa shape index (κ3) is 2.76. The lowest BCUT2D eigenvalue weighted by atomic mass is 10.7. The number of rotatable bonds is 1. The molecule has 1 rings (SSSR count). The van der Waals surface area contributed by atoms with E-state index < -0.39 is 11.8 Å². The number of hydrogen-bond donors (Lipinski definition) is 1. The van der Waals surface area contributed by atoms with E-state index >= 15 is 0 Å². The summed E-state index contributed by atoms with van der Waals surface area (Å²) in [6.45, 7) is 0.268. The van der Waals surface area contributed by atoms with Gasteiger partial charge in [0.05, 0.1) is 0 Å². The molecule has 0 aromatic rings. The smallest absolute Gasteiger partial charge is 0.304 e. The molecule has 0 radical (unpaired) electrons. The Kier molecular flexibility index (Phi) is 2.43. The highest BCUT2D eigenvalue weighted by molar-refractivity contribution is 7.99. The van der Waals surface area contributed by atoms with Crippen LogP contribution in [-0.2, 0) is 4.74 Å². The lowest BCUT2D eigenvalue weighted by molar-refractivity contribution is -0.328. The van der Waals surface area contributed by atoms with E-state index in [2.05, 4.69) is 10.1 Å². The van der Waals surface area contributed by atoms with Crippen molar-refractivity contribution in [2.45, 2.75) is 11.8 Å². The predicted octanol–water partition coefficient (Wildman–Crippen LogP) is 1.14. The third-order valence-corrected chi connectivity index (χ3v) is 1.95. The van der Waals surface area contributed by atoms with Crippen LogP contribution in [0, 0.1) is 0 Å². The molecular weight excluding hydrogens is 167 g/mol. The van der Waals surface area contributed by atoms with E-state index in [-0.39, 0.29) is 6.54 Å². The second-order valence-corrected chi connectivity index (χ2v) is 2.91. The standard InChI is InChI=1S/C4H6F3NOS/c5-4(6,7)9-3-1-8-2-10-3/h3,8H,1-2H2. The van der Waals surface area contributed by atoms with Gasteiger partial charge in [-0.3, -0.25) is 4.74 Å². The Labute approximate surface area is 60.1 Å². The van der Waals surface area contributed by atoms with Crippen molar-refractivity contribution in [2.24, 2.45) is 0 Å². The lowest BCUT2D eigenvalue weighted by Gasteiger charge is -2.11. The largest absolute Gasteiger partial charge is 0.523 e. The topological polar surface area (TPSA) is 21.3 Å². The Bertz CT molecular complexity index is 112. The Morgan fingerprint density at radius 1 is 1.50 bits per heavy atom. The maximum atomic E-state index is 11.4. The number of ether oxygens (including phenoxy) is 1. The monoisotopic (exact) mass is 173 g/mol. The molecule has 60 valence electrons. The van der Waals surface area contributed by atoms with Crippen LogP contribution in [0.2, 0.25) is 0 Å². The molecule has 2 nitrogen and oxygen atoms in total. The molecule has 1 atom stereocenters. The molecule has 1 aliphatic rings. The second kappa shape index (κ2) is 2.98. The SMILES string of the molecule is FC(F)(F)OC1CNCS1. The quantitative estimate of drug-likeness (QED) is 0.642. The van der Waals surface area contributed by atoms with Crippen LogP contribution in [0.1, 0.15) is 0 Å². The molecule has 0 aromatic carbocycles. The summed E-state index contributed by atoms with van der Waals surface area (Å²) in [4.78, 5) is 0. The minimum absolute atomic E-state index is 0.268. The van der Waals surface area contributed by atoms with Gasteiger partial charge in [0.25, 0.3) is 0 Å². The molecule has 1 aliphatic heterocycles. The van der Waals surface area contributed by atoms with Gasteiger partial charge in [-0.2, -0.15) is 0 Å². The summed E-state index contributed by atoms with van der Waals surface area (Å²) in [5.41, 5.74) is -0.764. The molecule has 0 spiro atoms. The van der Waals surface area contributed by atoms with Crippen molar-refractivity contribution < 1.29 is 17.9 Å². The summed E-state index contributed by atoms with van der Waals surface area (Å²) in [6, 6.07) is 0. The fourth-order valence-electron chi connectivity index (χ4n) is 0.612. The average Bonchev–Trinajstić information content (AvgIpc) is 2.12. The summed E-state index contributed by atoms with van der Waals surface area (Å²) in [5, 5.41) is 2.73. The molecule has 1 heterocycles. The van der Waals surface area contributed by atoms with E-state index in [1.165, 1.54) is 0 Å². The van der Waals surface area contributed by atoms with Crippen LogP contribution in [0.3, 0.4) is 0 Å². The normalized spacial score (nSPS) is 27.3. The van der Waals surface area contributed by atoms with Crippen LogP contribution in [0.15, 0.2) is 0 Å². The van der Waals surface area contributed by atoms with E-state index in [1.807, 2.05) is 0 Å². The Morgan fingerprint density at radius 2 is 2.20 bits per heavy atom. The van der Waals surface area contributed by atoms with Crippen molar-refractivity contribution >= 4 is 11.8 Å².